The van der Waals surface area contributed by atoms with E-state index in [-0.39, 0.29) is 11.3 Å². The molecule has 0 radical (unpaired) electrons. The highest BCUT2D eigenvalue weighted by atomic mass is 16.7. The van der Waals surface area contributed by atoms with Gasteiger partial charge >= 0.3 is 0 Å². The van der Waals surface area contributed by atoms with Crippen LogP contribution in [0, 0.1) is 0 Å². The molecule has 2 aliphatic heterocycles. The number of aromatic hydroxyl groups is 4. The number of ether oxygens (including phenoxy) is 4. The first-order chi connectivity index (χ1) is 20.8. The molecule has 17 heteroatoms. The van der Waals surface area contributed by atoms with Crippen LogP contribution in [0.25, 0.3) is 22.3 Å². The van der Waals surface area contributed by atoms with Crippen LogP contribution in [0.5, 0.6) is 28.7 Å². The Hall–Kier alpha value is -3.75. The van der Waals surface area contributed by atoms with E-state index in [1.807, 2.05) is 0 Å². The standard InChI is InChI=1S/C27H30O17/c28-6-12-15(32)18(35)21(38)26(41-12)40-7-13-16(33)19(36)22(39)27(42-13)44-24-11(31)5-10(30)14-17(34)20(37)23(43-25(14)24)8-1-3-9(29)4-2-8/h1-5,12-13,15-16,18-19,21-22,26-33,35-39H,6-7H2/t12-,13-,15-,16-,18+,19-,21+,22+,26-,27-/m0/s1. The van der Waals surface area contributed by atoms with Crippen LogP contribution in [0.4, 0.5) is 0 Å². The minimum Gasteiger partial charge on any atom is -0.508 e. The van der Waals surface area contributed by atoms with Crippen LogP contribution >= 0.6 is 0 Å². The Balaban J connectivity index is 1.45. The Morgan fingerprint density at radius 1 is 0.727 bits per heavy atom. The first kappa shape index (κ1) is 31.7. The molecule has 0 amide bonds. The van der Waals surface area contributed by atoms with Crippen LogP contribution in [0.1, 0.15) is 0 Å². The van der Waals surface area contributed by atoms with Crippen LogP contribution in [-0.2, 0) is 14.2 Å². The van der Waals surface area contributed by atoms with Gasteiger partial charge in [0.25, 0.3) is 0 Å². The summed E-state index contributed by atoms with van der Waals surface area (Å²) in [6.45, 7) is -1.41. The van der Waals surface area contributed by atoms with Crippen molar-refractivity contribution in [2.75, 3.05) is 13.2 Å². The van der Waals surface area contributed by atoms with Crippen molar-refractivity contribution in [3.8, 4) is 40.1 Å². The molecule has 3 heterocycles. The highest BCUT2D eigenvalue weighted by Crippen LogP contribution is 2.44. The van der Waals surface area contributed by atoms with Gasteiger partial charge in [0.1, 0.15) is 65.7 Å². The number of aliphatic hydroxyl groups excluding tert-OH is 7. The molecule has 2 aromatic carbocycles. The summed E-state index contributed by atoms with van der Waals surface area (Å²) in [6, 6.07) is 5.76. The molecule has 17 nitrogen and oxygen atoms in total. The van der Waals surface area contributed by atoms with Gasteiger partial charge in [0.15, 0.2) is 23.4 Å². The van der Waals surface area contributed by atoms with Gasteiger partial charge in [0, 0.05) is 11.6 Å². The van der Waals surface area contributed by atoms with Crippen LogP contribution in [0.2, 0.25) is 0 Å². The van der Waals surface area contributed by atoms with Crippen molar-refractivity contribution < 1.29 is 79.5 Å². The summed E-state index contributed by atoms with van der Waals surface area (Å²) in [7, 11) is 0. The molecular formula is C27H30O17. The van der Waals surface area contributed by atoms with Crippen molar-refractivity contribution in [1.29, 1.82) is 0 Å². The molecule has 240 valence electrons. The van der Waals surface area contributed by atoms with Crippen molar-refractivity contribution in [2.24, 2.45) is 0 Å². The van der Waals surface area contributed by atoms with E-state index in [0.29, 0.717) is 6.07 Å². The van der Waals surface area contributed by atoms with Crippen molar-refractivity contribution in [1.82, 2.24) is 0 Å². The molecule has 0 aliphatic carbocycles. The molecule has 2 saturated heterocycles. The molecule has 5 rings (SSSR count). The van der Waals surface area contributed by atoms with Gasteiger partial charge in [-0.1, -0.05) is 0 Å². The smallest absolute Gasteiger partial charge is 0.238 e. The Morgan fingerprint density at radius 2 is 1.32 bits per heavy atom. The Morgan fingerprint density at radius 3 is 1.95 bits per heavy atom. The largest absolute Gasteiger partial charge is 0.508 e. The molecule has 0 spiro atoms. The zero-order valence-electron chi connectivity index (χ0n) is 22.4. The van der Waals surface area contributed by atoms with E-state index in [1.54, 1.807) is 0 Å². The highest BCUT2D eigenvalue weighted by Gasteiger charge is 2.48. The number of fused-ring (bicyclic) bond motifs is 1. The minimum atomic E-state index is -1.99. The van der Waals surface area contributed by atoms with Crippen molar-refractivity contribution in [2.45, 2.75) is 61.4 Å². The van der Waals surface area contributed by atoms with Crippen molar-refractivity contribution in [3.05, 3.63) is 40.6 Å². The van der Waals surface area contributed by atoms with Gasteiger partial charge in [-0.15, -0.1) is 0 Å². The van der Waals surface area contributed by atoms with Crippen molar-refractivity contribution in [3.63, 3.8) is 0 Å². The highest BCUT2D eigenvalue weighted by molar-refractivity contribution is 5.93. The number of hydrogen-bond donors (Lipinski definition) is 11. The van der Waals surface area contributed by atoms with E-state index in [2.05, 4.69) is 0 Å². The SMILES string of the molecule is O=c1c(O)c(-c2ccc(O)cc2)oc2c(O[C@@H]3O[C@@H](CO[C@H]4O[C@@H](CO)[C@H](O)[C@@H](O)[C@H]4O)[C@H](O)[C@H](O)[C@H]3O)c(O)cc(O)c12. The fourth-order valence-corrected chi connectivity index (χ4v) is 4.89. The Kier molecular flexibility index (Phi) is 8.87. The average Bonchev–Trinajstić information content (AvgIpc) is 3.00. The first-order valence-corrected chi connectivity index (χ1v) is 13.2. The molecular weight excluding hydrogens is 596 g/mol. The third kappa shape index (κ3) is 5.61. The molecule has 2 fully saturated rings. The van der Waals surface area contributed by atoms with Crippen LogP contribution in [-0.4, -0.2) is 131 Å². The Labute approximate surface area is 246 Å². The maximum Gasteiger partial charge on any atom is 0.238 e. The van der Waals surface area contributed by atoms with Gasteiger partial charge in [0.05, 0.1) is 13.2 Å². The van der Waals surface area contributed by atoms with Crippen molar-refractivity contribution >= 4 is 11.0 Å². The summed E-state index contributed by atoms with van der Waals surface area (Å²) in [6.07, 6.45) is -17.4. The normalized spacial score (nSPS) is 32.5. The fraction of sp³-hybridized carbons (Fsp3) is 0.444. The average molecular weight is 627 g/mol. The summed E-state index contributed by atoms with van der Waals surface area (Å²) in [4.78, 5) is 13.0. The Bertz CT molecular complexity index is 1540. The molecule has 10 atom stereocenters. The van der Waals surface area contributed by atoms with Gasteiger partial charge in [-0.2, -0.15) is 0 Å². The van der Waals surface area contributed by atoms with E-state index < -0.39 is 120 Å². The lowest BCUT2D eigenvalue weighted by atomic mass is 9.98. The molecule has 1 aromatic heterocycles. The second kappa shape index (κ2) is 12.3. The number of benzene rings is 2. The van der Waals surface area contributed by atoms with Gasteiger partial charge in [-0.25, -0.2) is 0 Å². The second-order valence-corrected chi connectivity index (χ2v) is 10.3. The lowest BCUT2D eigenvalue weighted by molar-refractivity contribution is -0.323. The van der Waals surface area contributed by atoms with E-state index in [1.165, 1.54) is 24.3 Å². The number of phenolic OH excluding ortho intramolecular Hbond substituents is 3. The van der Waals surface area contributed by atoms with Gasteiger partial charge in [-0.3, -0.25) is 4.79 Å². The predicted octanol–water partition coefficient (Wildman–Crippen LogP) is -2.71. The topological polar surface area (TPSA) is 290 Å². The van der Waals surface area contributed by atoms with Crippen LogP contribution in [0.3, 0.4) is 0 Å². The van der Waals surface area contributed by atoms with E-state index in [9.17, 15) is 61.0 Å². The summed E-state index contributed by atoms with van der Waals surface area (Å²) in [5, 5.41) is 112. The molecule has 44 heavy (non-hydrogen) atoms. The molecule has 3 aromatic rings. The molecule has 0 bridgehead atoms. The third-order valence-corrected chi connectivity index (χ3v) is 7.36. The van der Waals surface area contributed by atoms with E-state index in [0.717, 1.165) is 0 Å². The first-order valence-electron chi connectivity index (χ1n) is 13.2. The van der Waals surface area contributed by atoms with Gasteiger partial charge < -0.3 is 79.5 Å². The van der Waals surface area contributed by atoms with E-state index in [4.69, 9.17) is 23.4 Å². The maximum absolute atomic E-state index is 13.0. The monoisotopic (exact) mass is 626 g/mol. The molecule has 0 saturated carbocycles. The molecule has 11 N–H and O–H groups in total. The molecule has 0 unspecified atom stereocenters. The number of aliphatic hydroxyl groups is 7. The fourth-order valence-electron chi connectivity index (χ4n) is 4.89. The van der Waals surface area contributed by atoms with Crippen LogP contribution in [0.15, 0.2) is 39.5 Å². The number of phenols is 3. The summed E-state index contributed by atoms with van der Waals surface area (Å²) >= 11 is 0. The quantitative estimate of drug-likeness (QED) is 0.127. The maximum atomic E-state index is 13.0. The second-order valence-electron chi connectivity index (χ2n) is 10.3. The third-order valence-electron chi connectivity index (χ3n) is 7.36. The summed E-state index contributed by atoms with van der Waals surface area (Å²) in [5.74, 6) is -3.82. The minimum absolute atomic E-state index is 0.103. The lowest BCUT2D eigenvalue weighted by Gasteiger charge is -2.42. The predicted molar refractivity (Wildman–Crippen MR) is 142 cm³/mol. The zero-order valence-corrected chi connectivity index (χ0v) is 22.4. The van der Waals surface area contributed by atoms with Gasteiger partial charge in [0.2, 0.25) is 23.2 Å². The zero-order chi connectivity index (χ0) is 32.0. The number of rotatable bonds is 7. The summed E-state index contributed by atoms with van der Waals surface area (Å²) in [5.41, 5.74) is -1.65. The number of hydrogen-bond acceptors (Lipinski definition) is 17. The summed E-state index contributed by atoms with van der Waals surface area (Å²) < 4.78 is 27.4. The van der Waals surface area contributed by atoms with Gasteiger partial charge in [-0.05, 0) is 24.3 Å². The molecule has 2 aliphatic rings. The lowest BCUT2D eigenvalue weighted by Crippen LogP contribution is -2.62. The van der Waals surface area contributed by atoms with Crippen LogP contribution < -0.4 is 10.2 Å². The van der Waals surface area contributed by atoms with E-state index >= 15 is 0 Å².